The second kappa shape index (κ2) is 11.0. The zero-order chi connectivity index (χ0) is 19.9. The summed E-state index contributed by atoms with van der Waals surface area (Å²) in [7, 11) is 0. The summed E-state index contributed by atoms with van der Waals surface area (Å²) in [5.41, 5.74) is 1.27. The molecule has 2 nitrogen and oxygen atoms in total. The monoisotopic (exact) mass is 362 g/mol. The van der Waals surface area contributed by atoms with Gasteiger partial charge in [0.1, 0.15) is 11.6 Å². The van der Waals surface area contributed by atoms with Crippen molar-refractivity contribution < 1.29 is 9.59 Å². The molecule has 1 rings (SSSR count). The molecule has 1 saturated carbocycles. The van der Waals surface area contributed by atoms with Crippen LogP contribution in [0.3, 0.4) is 0 Å². The highest BCUT2D eigenvalue weighted by Gasteiger charge is 2.30. The van der Waals surface area contributed by atoms with Gasteiger partial charge in [-0.25, -0.2) is 0 Å². The Morgan fingerprint density at radius 2 is 1.46 bits per heavy atom. The Morgan fingerprint density at radius 1 is 0.923 bits per heavy atom. The van der Waals surface area contributed by atoms with Crippen LogP contribution in [0.1, 0.15) is 93.4 Å². The van der Waals surface area contributed by atoms with Gasteiger partial charge in [-0.05, 0) is 68.6 Å². The Kier molecular flexibility index (Phi) is 9.82. The minimum Gasteiger partial charge on any atom is -0.299 e. The fraction of sp³-hybridized carbons (Fsp3) is 0.833. The van der Waals surface area contributed by atoms with E-state index in [1.54, 1.807) is 0 Å². The van der Waals surface area contributed by atoms with Crippen LogP contribution in [0.5, 0.6) is 0 Å². The molecule has 0 aromatic rings. The molecule has 0 radical (unpaired) electrons. The van der Waals surface area contributed by atoms with Crippen molar-refractivity contribution in [2.45, 2.75) is 93.4 Å². The lowest BCUT2D eigenvalue weighted by Crippen LogP contribution is -2.11. The second-order valence-corrected chi connectivity index (χ2v) is 9.93. The topological polar surface area (TPSA) is 34.1 Å². The van der Waals surface area contributed by atoms with E-state index in [1.807, 2.05) is 0 Å². The van der Waals surface area contributed by atoms with Crippen LogP contribution in [0.2, 0.25) is 0 Å². The smallest absolute Gasteiger partial charge is 0.144 e. The predicted molar refractivity (Wildman–Crippen MR) is 111 cm³/mol. The summed E-state index contributed by atoms with van der Waals surface area (Å²) >= 11 is 0. The Hall–Kier alpha value is -0.920. The van der Waals surface area contributed by atoms with E-state index in [4.69, 9.17) is 0 Å². The number of ketones is 2. The first kappa shape index (κ1) is 23.1. The van der Waals surface area contributed by atoms with Crippen molar-refractivity contribution in [3.63, 3.8) is 0 Å². The first-order valence-electron chi connectivity index (χ1n) is 10.8. The SMILES string of the molecule is C/C(=C\C(C)CC(C)CC(C)CC(C)CC(C)C)CC1CC(=O)CC1=O. The van der Waals surface area contributed by atoms with Crippen LogP contribution in [0.15, 0.2) is 11.6 Å². The fourth-order valence-electron chi connectivity index (χ4n) is 5.10. The van der Waals surface area contributed by atoms with Crippen LogP contribution in [-0.2, 0) is 9.59 Å². The number of carbonyl (C=O) groups excluding carboxylic acids is 2. The number of hydrogen-bond donors (Lipinski definition) is 0. The summed E-state index contributed by atoms with van der Waals surface area (Å²) in [5, 5.41) is 0. The van der Waals surface area contributed by atoms with Crippen molar-refractivity contribution in [3.05, 3.63) is 11.6 Å². The summed E-state index contributed by atoms with van der Waals surface area (Å²) in [6.07, 6.45) is 8.90. The van der Waals surface area contributed by atoms with Gasteiger partial charge < -0.3 is 0 Å². The summed E-state index contributed by atoms with van der Waals surface area (Å²) < 4.78 is 0. The van der Waals surface area contributed by atoms with E-state index in [0.717, 1.165) is 30.1 Å². The van der Waals surface area contributed by atoms with Crippen molar-refractivity contribution in [2.75, 3.05) is 0 Å². The van der Waals surface area contributed by atoms with Gasteiger partial charge in [-0.1, -0.05) is 53.2 Å². The molecule has 1 aliphatic carbocycles. The molecule has 0 amide bonds. The van der Waals surface area contributed by atoms with Crippen LogP contribution in [-0.4, -0.2) is 11.6 Å². The molecular weight excluding hydrogens is 320 g/mol. The molecule has 0 N–H and O–H groups in total. The highest BCUT2D eigenvalue weighted by Crippen LogP contribution is 2.29. The van der Waals surface area contributed by atoms with Crippen molar-refractivity contribution in [1.29, 1.82) is 0 Å². The van der Waals surface area contributed by atoms with Gasteiger partial charge in [0.2, 0.25) is 0 Å². The normalized spacial score (nSPS) is 23.4. The van der Waals surface area contributed by atoms with E-state index < -0.39 is 0 Å². The van der Waals surface area contributed by atoms with Gasteiger partial charge in [0, 0.05) is 12.3 Å². The zero-order valence-electron chi connectivity index (χ0n) is 18.3. The third-order valence-corrected chi connectivity index (χ3v) is 5.70. The first-order chi connectivity index (χ1) is 12.1. The summed E-state index contributed by atoms with van der Waals surface area (Å²) in [6.45, 7) is 16.2. The van der Waals surface area contributed by atoms with E-state index in [0.29, 0.717) is 12.3 Å². The highest BCUT2D eigenvalue weighted by atomic mass is 16.2. The fourth-order valence-corrected chi connectivity index (χ4v) is 5.10. The molecule has 2 heteroatoms. The summed E-state index contributed by atoms with van der Waals surface area (Å²) in [4.78, 5) is 23.2. The van der Waals surface area contributed by atoms with E-state index >= 15 is 0 Å². The molecule has 0 bridgehead atoms. The largest absolute Gasteiger partial charge is 0.299 e. The lowest BCUT2D eigenvalue weighted by Gasteiger charge is -2.23. The van der Waals surface area contributed by atoms with Gasteiger partial charge in [0.15, 0.2) is 0 Å². The van der Waals surface area contributed by atoms with Crippen LogP contribution < -0.4 is 0 Å². The molecule has 0 saturated heterocycles. The Labute approximate surface area is 162 Å². The van der Waals surface area contributed by atoms with Gasteiger partial charge >= 0.3 is 0 Å². The molecule has 0 heterocycles. The van der Waals surface area contributed by atoms with Crippen LogP contribution in [0, 0.1) is 35.5 Å². The maximum atomic E-state index is 11.8. The number of carbonyl (C=O) groups is 2. The van der Waals surface area contributed by atoms with Crippen LogP contribution in [0.25, 0.3) is 0 Å². The van der Waals surface area contributed by atoms with Crippen molar-refractivity contribution >= 4 is 11.6 Å². The molecule has 0 aliphatic heterocycles. The number of allylic oxidation sites excluding steroid dienone is 2. The molecule has 150 valence electrons. The van der Waals surface area contributed by atoms with Gasteiger partial charge in [0.05, 0.1) is 6.42 Å². The quantitative estimate of drug-likeness (QED) is 0.305. The van der Waals surface area contributed by atoms with Gasteiger partial charge in [-0.3, -0.25) is 9.59 Å². The average Bonchev–Trinajstić information content (AvgIpc) is 2.74. The average molecular weight is 363 g/mol. The molecule has 1 aliphatic rings. The van der Waals surface area contributed by atoms with Gasteiger partial charge in [-0.15, -0.1) is 0 Å². The third kappa shape index (κ3) is 9.14. The van der Waals surface area contributed by atoms with Crippen molar-refractivity contribution in [1.82, 2.24) is 0 Å². The second-order valence-electron chi connectivity index (χ2n) is 9.93. The molecule has 5 unspecified atom stereocenters. The lowest BCUT2D eigenvalue weighted by atomic mass is 9.83. The van der Waals surface area contributed by atoms with Gasteiger partial charge in [-0.2, -0.15) is 0 Å². The third-order valence-electron chi connectivity index (χ3n) is 5.70. The van der Waals surface area contributed by atoms with Crippen molar-refractivity contribution in [2.24, 2.45) is 35.5 Å². The predicted octanol–water partition coefficient (Wildman–Crippen LogP) is 6.63. The minimum absolute atomic E-state index is 0.0501. The number of Topliss-reactive ketones (excluding diaryl/α,β-unsaturated/α-hetero) is 2. The Bertz CT molecular complexity index is 488. The van der Waals surface area contributed by atoms with Crippen molar-refractivity contribution in [3.8, 4) is 0 Å². The zero-order valence-corrected chi connectivity index (χ0v) is 18.3. The van der Waals surface area contributed by atoms with Crippen LogP contribution >= 0.6 is 0 Å². The van der Waals surface area contributed by atoms with E-state index in [9.17, 15) is 9.59 Å². The Balaban J connectivity index is 2.37. The summed E-state index contributed by atoms with van der Waals surface area (Å²) in [6, 6.07) is 0. The molecule has 5 atom stereocenters. The first-order valence-corrected chi connectivity index (χ1v) is 10.8. The van der Waals surface area contributed by atoms with E-state index in [1.165, 1.54) is 31.3 Å². The molecule has 0 aromatic heterocycles. The lowest BCUT2D eigenvalue weighted by molar-refractivity contribution is -0.122. The maximum Gasteiger partial charge on any atom is 0.144 e. The molecule has 0 spiro atoms. The number of hydrogen-bond acceptors (Lipinski definition) is 2. The standard InChI is InChI=1S/C24H42O2/c1-16(2)8-17(3)9-18(4)10-19(5)11-20(6)12-21(7)13-22-14-23(25)15-24(22)26/h12,16-20,22H,8-11,13-15H2,1-7H3/b21-12+. The van der Waals surface area contributed by atoms with E-state index in [2.05, 4.69) is 54.5 Å². The van der Waals surface area contributed by atoms with Gasteiger partial charge in [0.25, 0.3) is 0 Å². The molecular formula is C24H42O2. The molecule has 26 heavy (non-hydrogen) atoms. The summed E-state index contributed by atoms with van der Waals surface area (Å²) in [5.74, 6) is 3.89. The molecule has 0 aromatic carbocycles. The minimum atomic E-state index is -0.0501. The van der Waals surface area contributed by atoms with E-state index in [-0.39, 0.29) is 23.9 Å². The van der Waals surface area contributed by atoms with Crippen LogP contribution in [0.4, 0.5) is 0 Å². The highest BCUT2D eigenvalue weighted by molar-refractivity contribution is 6.07. The molecule has 1 fully saturated rings. The maximum absolute atomic E-state index is 11.8. The Morgan fingerprint density at radius 3 is 1.96 bits per heavy atom. The number of rotatable bonds is 11.